The average Bonchev–Trinajstić information content (AvgIpc) is 2.49. The van der Waals surface area contributed by atoms with Crippen molar-refractivity contribution < 1.29 is 9.66 Å². The second-order valence-corrected chi connectivity index (χ2v) is 5.08. The highest BCUT2D eigenvalue weighted by Crippen LogP contribution is 2.27. The number of rotatable bonds is 7. The third-order valence-corrected chi connectivity index (χ3v) is 3.04. The number of ether oxygens (including phenoxy) is 1. The Morgan fingerprint density at radius 1 is 1.14 bits per heavy atom. The average molecular weight is 301 g/mol. The van der Waals surface area contributed by atoms with E-state index in [2.05, 4.69) is 5.32 Å². The first kappa shape index (κ1) is 15.8. The van der Waals surface area contributed by atoms with Crippen molar-refractivity contribution in [1.29, 1.82) is 0 Å². The van der Waals surface area contributed by atoms with Crippen LogP contribution in [0.5, 0.6) is 5.75 Å². The van der Waals surface area contributed by atoms with E-state index >= 15 is 0 Å². The highest BCUT2D eigenvalue weighted by atomic mass is 16.6. The summed E-state index contributed by atoms with van der Waals surface area (Å²) in [5.41, 5.74) is 1.29. The summed E-state index contributed by atoms with van der Waals surface area (Å²) in [5, 5.41) is 14.0. The van der Waals surface area contributed by atoms with E-state index in [0.717, 1.165) is 18.0 Å². The topological polar surface area (TPSA) is 67.6 Å². The third-order valence-electron chi connectivity index (χ3n) is 3.04. The molecular formula is C16H19N3O3. The van der Waals surface area contributed by atoms with Gasteiger partial charge in [0.1, 0.15) is 18.0 Å². The Bertz CT molecular complexity index is 627. The summed E-state index contributed by atoms with van der Waals surface area (Å²) in [4.78, 5) is 12.6. The van der Waals surface area contributed by atoms with Crippen LogP contribution in [0.1, 0.15) is 0 Å². The quantitative estimate of drug-likeness (QED) is 0.628. The molecule has 6 heteroatoms. The Kier molecular flexibility index (Phi) is 5.32. The highest BCUT2D eigenvalue weighted by molar-refractivity contribution is 5.69. The van der Waals surface area contributed by atoms with Gasteiger partial charge in [0.05, 0.1) is 4.92 Å². The molecular weight excluding hydrogens is 282 g/mol. The third kappa shape index (κ3) is 4.46. The SMILES string of the molecule is CN(C)CCOc1ccc(Nc2ccccc2[N+](=O)[O-])cc1. The van der Waals surface area contributed by atoms with Gasteiger partial charge < -0.3 is 15.0 Å². The first-order valence-electron chi connectivity index (χ1n) is 6.94. The van der Waals surface area contributed by atoms with Crippen molar-refractivity contribution in [2.45, 2.75) is 0 Å². The number of benzene rings is 2. The van der Waals surface area contributed by atoms with E-state index < -0.39 is 4.92 Å². The van der Waals surface area contributed by atoms with Gasteiger partial charge in [-0.25, -0.2) is 0 Å². The van der Waals surface area contributed by atoms with E-state index in [9.17, 15) is 10.1 Å². The number of nitrogens with zero attached hydrogens (tertiary/aromatic N) is 2. The summed E-state index contributed by atoms with van der Waals surface area (Å²) < 4.78 is 5.61. The lowest BCUT2D eigenvalue weighted by atomic mass is 10.2. The van der Waals surface area contributed by atoms with E-state index in [1.807, 2.05) is 43.3 Å². The van der Waals surface area contributed by atoms with E-state index in [4.69, 9.17) is 4.74 Å². The molecule has 0 aliphatic heterocycles. The predicted molar refractivity (Wildman–Crippen MR) is 86.9 cm³/mol. The molecule has 0 radical (unpaired) electrons. The molecule has 0 bridgehead atoms. The molecule has 0 spiro atoms. The summed E-state index contributed by atoms with van der Waals surface area (Å²) in [6.07, 6.45) is 0. The molecule has 0 unspecified atom stereocenters. The van der Waals surface area contributed by atoms with Gasteiger partial charge in [-0.3, -0.25) is 10.1 Å². The van der Waals surface area contributed by atoms with Crippen LogP contribution in [0, 0.1) is 10.1 Å². The summed E-state index contributed by atoms with van der Waals surface area (Å²) in [6, 6.07) is 13.9. The fraction of sp³-hybridized carbons (Fsp3) is 0.250. The van der Waals surface area contributed by atoms with Crippen molar-refractivity contribution in [3.8, 4) is 5.75 Å². The molecule has 0 amide bonds. The Morgan fingerprint density at radius 2 is 1.82 bits per heavy atom. The summed E-state index contributed by atoms with van der Waals surface area (Å²) >= 11 is 0. The normalized spacial score (nSPS) is 10.5. The number of likely N-dealkylation sites (N-methyl/N-ethyl adjacent to an activating group) is 1. The van der Waals surface area contributed by atoms with Crippen molar-refractivity contribution in [3.63, 3.8) is 0 Å². The lowest BCUT2D eigenvalue weighted by Crippen LogP contribution is -2.19. The molecule has 0 aliphatic carbocycles. The molecule has 0 aliphatic rings. The lowest BCUT2D eigenvalue weighted by molar-refractivity contribution is -0.383. The Balaban J connectivity index is 2.01. The van der Waals surface area contributed by atoms with Crippen molar-refractivity contribution >= 4 is 17.1 Å². The molecule has 0 saturated carbocycles. The van der Waals surface area contributed by atoms with Gasteiger partial charge in [-0.2, -0.15) is 0 Å². The van der Waals surface area contributed by atoms with E-state index in [-0.39, 0.29) is 5.69 Å². The molecule has 6 nitrogen and oxygen atoms in total. The molecule has 2 aromatic carbocycles. The van der Waals surface area contributed by atoms with E-state index in [1.165, 1.54) is 6.07 Å². The summed E-state index contributed by atoms with van der Waals surface area (Å²) in [6.45, 7) is 1.46. The Labute approximate surface area is 129 Å². The van der Waals surface area contributed by atoms with Crippen LogP contribution >= 0.6 is 0 Å². The zero-order valence-electron chi connectivity index (χ0n) is 12.7. The van der Waals surface area contributed by atoms with Crippen LogP contribution in [-0.4, -0.2) is 37.1 Å². The minimum Gasteiger partial charge on any atom is -0.492 e. The van der Waals surface area contributed by atoms with Gasteiger partial charge in [0, 0.05) is 18.3 Å². The summed E-state index contributed by atoms with van der Waals surface area (Å²) in [7, 11) is 3.98. The van der Waals surface area contributed by atoms with Gasteiger partial charge in [0.15, 0.2) is 0 Å². The fourth-order valence-electron chi connectivity index (χ4n) is 1.87. The first-order chi connectivity index (χ1) is 10.6. The molecule has 1 N–H and O–H groups in total. The Morgan fingerprint density at radius 3 is 2.45 bits per heavy atom. The number of hydrogen-bond donors (Lipinski definition) is 1. The van der Waals surface area contributed by atoms with Gasteiger partial charge >= 0.3 is 0 Å². The molecule has 2 aromatic rings. The van der Waals surface area contributed by atoms with Crippen molar-refractivity contribution in [2.24, 2.45) is 0 Å². The fourth-order valence-corrected chi connectivity index (χ4v) is 1.87. The second kappa shape index (κ2) is 7.42. The predicted octanol–water partition coefficient (Wildman–Crippen LogP) is 3.28. The monoisotopic (exact) mass is 301 g/mol. The van der Waals surface area contributed by atoms with Crippen LogP contribution < -0.4 is 10.1 Å². The number of anilines is 2. The van der Waals surface area contributed by atoms with Crippen LogP contribution in [0.2, 0.25) is 0 Å². The van der Waals surface area contributed by atoms with Crippen LogP contribution in [0.15, 0.2) is 48.5 Å². The zero-order chi connectivity index (χ0) is 15.9. The maximum atomic E-state index is 11.0. The smallest absolute Gasteiger partial charge is 0.292 e. The summed E-state index contributed by atoms with van der Waals surface area (Å²) in [5.74, 6) is 0.773. The van der Waals surface area contributed by atoms with Gasteiger partial charge in [0.2, 0.25) is 0 Å². The largest absolute Gasteiger partial charge is 0.492 e. The molecule has 22 heavy (non-hydrogen) atoms. The molecule has 0 saturated heterocycles. The lowest BCUT2D eigenvalue weighted by Gasteiger charge is -2.12. The maximum absolute atomic E-state index is 11.0. The molecule has 0 aromatic heterocycles. The van der Waals surface area contributed by atoms with Crippen LogP contribution in [0.4, 0.5) is 17.1 Å². The van der Waals surface area contributed by atoms with Gasteiger partial charge in [-0.1, -0.05) is 12.1 Å². The Hall–Kier alpha value is -2.60. The molecule has 0 atom stereocenters. The maximum Gasteiger partial charge on any atom is 0.292 e. The molecule has 116 valence electrons. The molecule has 0 heterocycles. The number of nitro benzene ring substituents is 1. The van der Waals surface area contributed by atoms with Crippen molar-refractivity contribution in [2.75, 3.05) is 32.6 Å². The van der Waals surface area contributed by atoms with Gasteiger partial charge in [-0.05, 0) is 44.4 Å². The van der Waals surface area contributed by atoms with E-state index in [0.29, 0.717) is 12.3 Å². The minimum atomic E-state index is -0.402. The first-order valence-corrected chi connectivity index (χ1v) is 6.94. The van der Waals surface area contributed by atoms with Crippen LogP contribution in [0.3, 0.4) is 0 Å². The number of para-hydroxylation sites is 2. The number of nitrogens with one attached hydrogen (secondary N) is 1. The molecule has 0 fully saturated rings. The van der Waals surface area contributed by atoms with Crippen LogP contribution in [0.25, 0.3) is 0 Å². The number of nitro groups is 1. The second-order valence-electron chi connectivity index (χ2n) is 5.08. The van der Waals surface area contributed by atoms with Gasteiger partial charge in [-0.15, -0.1) is 0 Å². The van der Waals surface area contributed by atoms with Crippen molar-refractivity contribution in [3.05, 3.63) is 58.6 Å². The standard InChI is InChI=1S/C16H19N3O3/c1-18(2)11-12-22-14-9-7-13(8-10-14)17-15-5-3-4-6-16(15)19(20)21/h3-10,17H,11-12H2,1-2H3. The number of hydrogen-bond acceptors (Lipinski definition) is 5. The minimum absolute atomic E-state index is 0.0498. The van der Waals surface area contributed by atoms with Crippen LogP contribution in [-0.2, 0) is 0 Å². The van der Waals surface area contributed by atoms with E-state index in [1.54, 1.807) is 18.2 Å². The molecule has 2 rings (SSSR count). The highest BCUT2D eigenvalue weighted by Gasteiger charge is 2.12. The van der Waals surface area contributed by atoms with Crippen molar-refractivity contribution in [1.82, 2.24) is 4.90 Å². The zero-order valence-corrected chi connectivity index (χ0v) is 12.7. The van der Waals surface area contributed by atoms with Gasteiger partial charge in [0.25, 0.3) is 5.69 Å².